The van der Waals surface area contributed by atoms with E-state index in [2.05, 4.69) is 15.9 Å². The van der Waals surface area contributed by atoms with Gasteiger partial charge in [-0.25, -0.2) is 4.39 Å². The number of benzene rings is 2. The minimum Gasteiger partial charge on any atom is -0.370 e. The number of nitrogens with two attached hydrogens (primary N) is 1. The largest absolute Gasteiger partial charge is 0.370 e. The third-order valence-electron chi connectivity index (χ3n) is 6.18. The number of carbonyl (C=O) groups excluding carboxylic acids is 2. The molecule has 1 aliphatic rings. The van der Waals surface area contributed by atoms with E-state index in [1.807, 2.05) is 19.1 Å². The second kappa shape index (κ2) is 10.4. The first-order valence-electron chi connectivity index (χ1n) is 10.9. The molecule has 32 heavy (non-hydrogen) atoms. The van der Waals surface area contributed by atoms with Crippen molar-refractivity contribution < 1.29 is 14.0 Å². The minimum atomic E-state index is -0.345. The van der Waals surface area contributed by atoms with Crippen molar-refractivity contribution in [2.45, 2.75) is 51.7 Å². The Morgan fingerprint density at radius 2 is 1.88 bits per heavy atom. The summed E-state index contributed by atoms with van der Waals surface area (Å²) in [5.41, 5.74) is 7.76. The molecule has 7 heteroatoms. The van der Waals surface area contributed by atoms with Gasteiger partial charge in [0, 0.05) is 55.0 Å². The van der Waals surface area contributed by atoms with Gasteiger partial charge in [0.15, 0.2) is 5.78 Å². The average Bonchev–Trinajstić information content (AvgIpc) is 2.78. The quantitative estimate of drug-likeness (QED) is 0.638. The molecule has 1 saturated heterocycles. The van der Waals surface area contributed by atoms with Gasteiger partial charge in [0.05, 0.1) is 11.6 Å². The zero-order chi connectivity index (χ0) is 23.3. The molecule has 0 spiro atoms. The number of rotatable bonds is 8. The fourth-order valence-corrected chi connectivity index (χ4v) is 4.33. The minimum absolute atomic E-state index is 0.00684. The van der Waals surface area contributed by atoms with Gasteiger partial charge in [-0.3, -0.25) is 14.5 Å². The molecule has 2 N–H and O–H groups in total. The van der Waals surface area contributed by atoms with Crippen molar-refractivity contribution in [1.82, 2.24) is 4.90 Å². The van der Waals surface area contributed by atoms with Crippen LogP contribution in [-0.2, 0) is 11.3 Å². The van der Waals surface area contributed by atoms with Crippen LogP contribution < -0.4 is 10.6 Å². The number of piperidine rings is 1. The number of likely N-dealkylation sites (tertiary alicyclic amines) is 1. The lowest BCUT2D eigenvalue weighted by Crippen LogP contribution is -2.48. The summed E-state index contributed by atoms with van der Waals surface area (Å²) in [4.78, 5) is 27.4. The second-order valence-corrected chi connectivity index (χ2v) is 8.44. The summed E-state index contributed by atoms with van der Waals surface area (Å²) in [6, 6.07) is 14.1. The number of nitriles is 1. The van der Waals surface area contributed by atoms with Crippen LogP contribution in [0.5, 0.6) is 0 Å². The number of anilines is 1. The van der Waals surface area contributed by atoms with Gasteiger partial charge < -0.3 is 10.6 Å². The lowest BCUT2D eigenvalue weighted by molar-refractivity contribution is -0.119. The Morgan fingerprint density at radius 1 is 1.22 bits per heavy atom. The van der Waals surface area contributed by atoms with Gasteiger partial charge in [0.2, 0.25) is 5.91 Å². The topological polar surface area (TPSA) is 90.4 Å². The van der Waals surface area contributed by atoms with Gasteiger partial charge in [0.1, 0.15) is 5.82 Å². The maximum atomic E-state index is 14.6. The van der Waals surface area contributed by atoms with E-state index in [4.69, 9.17) is 5.73 Å². The predicted molar refractivity (Wildman–Crippen MR) is 122 cm³/mol. The summed E-state index contributed by atoms with van der Waals surface area (Å²) in [6.07, 6.45) is 2.02. The standard InChI is InChI=1S/C25H29FN4O2/c1-17(13-25(28)32)29-11-9-23(10-12-29)30(22-6-4-20(5-7-22)18(2)31)16-21-14-19(15-27)3-8-24(21)26/h3-8,14,17,23H,9-13,16H2,1-2H3,(H2,28,32)/t17-/m1/s1. The van der Waals surface area contributed by atoms with Crippen molar-refractivity contribution in [3.05, 3.63) is 65.0 Å². The van der Waals surface area contributed by atoms with Crippen LogP contribution in [0.15, 0.2) is 42.5 Å². The summed E-state index contributed by atoms with van der Waals surface area (Å²) in [5.74, 6) is -0.658. The highest BCUT2D eigenvalue weighted by Crippen LogP contribution is 2.28. The van der Waals surface area contributed by atoms with E-state index in [9.17, 15) is 19.2 Å². The summed E-state index contributed by atoms with van der Waals surface area (Å²) in [7, 11) is 0. The monoisotopic (exact) mass is 436 g/mol. The van der Waals surface area contributed by atoms with E-state index in [-0.39, 0.29) is 29.6 Å². The third kappa shape index (κ3) is 5.71. The highest BCUT2D eigenvalue weighted by molar-refractivity contribution is 5.94. The molecule has 1 heterocycles. The Hall–Kier alpha value is -3.24. The molecule has 0 bridgehead atoms. The van der Waals surface area contributed by atoms with Crippen LogP contribution in [0.25, 0.3) is 0 Å². The molecule has 0 saturated carbocycles. The Labute approximate surface area is 188 Å². The normalized spacial score (nSPS) is 15.7. The number of nitrogens with zero attached hydrogens (tertiary/aromatic N) is 3. The molecule has 168 valence electrons. The number of hydrogen-bond acceptors (Lipinski definition) is 5. The lowest BCUT2D eigenvalue weighted by Gasteiger charge is -2.41. The highest BCUT2D eigenvalue weighted by atomic mass is 19.1. The zero-order valence-electron chi connectivity index (χ0n) is 18.6. The molecule has 1 atom stereocenters. The highest BCUT2D eigenvalue weighted by Gasteiger charge is 2.28. The summed E-state index contributed by atoms with van der Waals surface area (Å²) in [5, 5.41) is 9.22. The van der Waals surface area contributed by atoms with Crippen LogP contribution in [0, 0.1) is 17.1 Å². The molecular formula is C25H29FN4O2. The first-order valence-corrected chi connectivity index (χ1v) is 10.9. The molecule has 2 aromatic rings. The van der Waals surface area contributed by atoms with Gasteiger partial charge in [-0.2, -0.15) is 5.26 Å². The molecular weight excluding hydrogens is 407 g/mol. The molecule has 0 aromatic heterocycles. The molecule has 0 radical (unpaired) electrons. The Balaban J connectivity index is 1.84. The van der Waals surface area contributed by atoms with E-state index < -0.39 is 0 Å². The Bertz CT molecular complexity index is 1010. The van der Waals surface area contributed by atoms with Gasteiger partial charge in [-0.1, -0.05) is 0 Å². The molecule has 0 aliphatic carbocycles. The average molecular weight is 437 g/mol. The van der Waals surface area contributed by atoms with Gasteiger partial charge >= 0.3 is 0 Å². The van der Waals surface area contributed by atoms with Crippen LogP contribution >= 0.6 is 0 Å². The number of carbonyl (C=O) groups is 2. The molecule has 0 unspecified atom stereocenters. The van der Waals surface area contributed by atoms with Crippen molar-refractivity contribution in [3.8, 4) is 6.07 Å². The Kier molecular flexibility index (Phi) is 7.60. The Morgan fingerprint density at radius 3 is 2.44 bits per heavy atom. The second-order valence-electron chi connectivity index (χ2n) is 8.44. The van der Waals surface area contributed by atoms with E-state index in [1.54, 1.807) is 18.2 Å². The van der Waals surface area contributed by atoms with E-state index in [0.717, 1.165) is 31.6 Å². The fourth-order valence-electron chi connectivity index (χ4n) is 4.33. The van der Waals surface area contributed by atoms with Gasteiger partial charge in [-0.15, -0.1) is 0 Å². The van der Waals surface area contributed by atoms with Crippen LogP contribution in [-0.4, -0.2) is 41.8 Å². The molecule has 6 nitrogen and oxygen atoms in total. The molecule has 1 aliphatic heterocycles. The van der Waals surface area contributed by atoms with Crippen molar-refractivity contribution in [3.63, 3.8) is 0 Å². The first-order chi connectivity index (χ1) is 15.3. The van der Waals surface area contributed by atoms with Crippen molar-refractivity contribution in [2.75, 3.05) is 18.0 Å². The van der Waals surface area contributed by atoms with Crippen molar-refractivity contribution >= 4 is 17.4 Å². The maximum absolute atomic E-state index is 14.6. The number of Topliss-reactive ketones (excluding diaryl/α,β-unsaturated/α-hetero) is 1. The maximum Gasteiger partial charge on any atom is 0.218 e. The van der Waals surface area contributed by atoms with E-state index >= 15 is 0 Å². The van der Waals surface area contributed by atoms with Crippen LogP contribution in [0.2, 0.25) is 0 Å². The molecule has 2 aromatic carbocycles. The van der Waals surface area contributed by atoms with E-state index in [0.29, 0.717) is 29.7 Å². The molecule has 3 rings (SSSR count). The summed E-state index contributed by atoms with van der Waals surface area (Å²) < 4.78 is 14.6. The van der Waals surface area contributed by atoms with Gasteiger partial charge in [-0.05, 0) is 69.2 Å². The number of ketones is 1. The zero-order valence-corrected chi connectivity index (χ0v) is 18.6. The molecule has 1 amide bonds. The van der Waals surface area contributed by atoms with Gasteiger partial charge in [0.25, 0.3) is 0 Å². The van der Waals surface area contributed by atoms with Crippen molar-refractivity contribution in [1.29, 1.82) is 5.26 Å². The number of primary amides is 1. The molecule has 1 fully saturated rings. The summed E-state index contributed by atoms with van der Waals surface area (Å²) >= 11 is 0. The number of halogens is 1. The smallest absolute Gasteiger partial charge is 0.218 e. The predicted octanol–water partition coefficient (Wildman–Crippen LogP) is 3.63. The SMILES string of the molecule is CC(=O)c1ccc(N(Cc2cc(C#N)ccc2F)C2CCN([C@H](C)CC(N)=O)CC2)cc1. The number of amides is 1. The first kappa shape index (κ1) is 23.4. The van der Waals surface area contributed by atoms with Crippen LogP contribution in [0.4, 0.5) is 10.1 Å². The third-order valence-corrected chi connectivity index (χ3v) is 6.18. The van der Waals surface area contributed by atoms with Crippen molar-refractivity contribution in [2.24, 2.45) is 5.73 Å². The van der Waals surface area contributed by atoms with Crippen LogP contribution in [0.3, 0.4) is 0 Å². The van der Waals surface area contributed by atoms with Crippen LogP contribution in [0.1, 0.15) is 54.6 Å². The van der Waals surface area contributed by atoms with E-state index in [1.165, 1.54) is 19.1 Å². The lowest BCUT2D eigenvalue weighted by atomic mass is 9.98. The number of hydrogen-bond donors (Lipinski definition) is 1. The summed E-state index contributed by atoms with van der Waals surface area (Å²) in [6.45, 7) is 5.47. The fraction of sp³-hybridized carbons (Fsp3) is 0.400.